The highest BCUT2D eigenvalue weighted by Crippen LogP contribution is 2.32. The number of hydrogen-bond donors (Lipinski definition) is 1. The fourth-order valence-corrected chi connectivity index (χ4v) is 2.47. The van der Waals surface area contributed by atoms with Gasteiger partial charge >= 0.3 is 11.7 Å². The van der Waals surface area contributed by atoms with E-state index in [1.54, 1.807) is 30.3 Å². The first-order valence-corrected chi connectivity index (χ1v) is 8.12. The van der Waals surface area contributed by atoms with E-state index in [9.17, 15) is 32.9 Å². The van der Waals surface area contributed by atoms with Gasteiger partial charge in [0.05, 0.1) is 12.0 Å². The maximum atomic E-state index is 14.5. The lowest BCUT2D eigenvalue weighted by molar-refractivity contribution is -0.388. The van der Waals surface area contributed by atoms with Crippen LogP contribution in [-0.2, 0) is 16.1 Å². The zero-order chi connectivity index (χ0) is 21.7. The van der Waals surface area contributed by atoms with Gasteiger partial charge in [0.1, 0.15) is 17.0 Å². The summed E-state index contributed by atoms with van der Waals surface area (Å²) in [7, 11) is 0.932. The average Bonchev–Trinajstić information content (AvgIpc) is 2.71. The number of nitro groups is 1. The van der Waals surface area contributed by atoms with Crippen molar-refractivity contribution in [3.8, 4) is 0 Å². The largest absolute Gasteiger partial charge is 0.465 e. The summed E-state index contributed by atoms with van der Waals surface area (Å²) in [6, 6.07) is 8.75. The van der Waals surface area contributed by atoms with Crippen LogP contribution in [-0.4, -0.2) is 23.8 Å². The lowest BCUT2D eigenvalue weighted by Gasteiger charge is -2.10. The van der Waals surface area contributed by atoms with Crippen LogP contribution in [0.25, 0.3) is 0 Å². The molecule has 0 bridgehead atoms. The first-order valence-electron chi connectivity index (χ1n) is 8.12. The minimum atomic E-state index is -2.00. The van der Waals surface area contributed by atoms with Crippen LogP contribution in [0.5, 0.6) is 0 Å². The number of methoxy groups -OCH3 is 1. The third kappa shape index (κ3) is 4.42. The maximum Gasteiger partial charge on any atom is 0.343 e. The van der Waals surface area contributed by atoms with Gasteiger partial charge in [-0.25, -0.2) is 13.6 Å². The molecule has 0 saturated carbocycles. The number of benzene rings is 2. The van der Waals surface area contributed by atoms with Crippen molar-refractivity contribution in [1.29, 1.82) is 0 Å². The monoisotopic (exact) mass is 408 g/mol. The fourth-order valence-electron chi connectivity index (χ4n) is 2.47. The predicted octanol–water partition coefficient (Wildman–Crippen LogP) is 3.35. The molecule has 0 radical (unpaired) electrons. The topological polar surface area (TPSA) is 98.5 Å². The van der Waals surface area contributed by atoms with Crippen molar-refractivity contribution >= 4 is 17.4 Å². The maximum absolute atomic E-state index is 14.5. The first kappa shape index (κ1) is 21.6. The van der Waals surface area contributed by atoms with Gasteiger partial charge in [-0.2, -0.15) is 4.39 Å². The van der Waals surface area contributed by atoms with E-state index in [-0.39, 0.29) is 6.54 Å². The zero-order valence-corrected chi connectivity index (χ0v) is 15.3. The van der Waals surface area contributed by atoms with Gasteiger partial charge in [-0.15, -0.1) is 0 Å². The van der Waals surface area contributed by atoms with Crippen LogP contribution in [0.2, 0.25) is 0 Å². The predicted molar refractivity (Wildman–Crippen MR) is 95.4 cm³/mol. The smallest absolute Gasteiger partial charge is 0.343 e. The molecule has 0 aliphatic heterocycles. The van der Waals surface area contributed by atoms with E-state index in [2.05, 4.69) is 10.1 Å². The first-order chi connectivity index (χ1) is 13.7. The standard InChI is InChI=1S/C19H15F3N2O5/c1-10-14(20)13(17(24(27)28)16(22)15(10)21)18(25)12(19(26)29-2)9-23-8-11-6-4-3-5-7-11/h3-7,9,23H,8H2,1-2H3/b12-9+. The van der Waals surface area contributed by atoms with Gasteiger partial charge in [0.25, 0.3) is 0 Å². The number of rotatable bonds is 7. The molecule has 152 valence electrons. The second kappa shape index (κ2) is 9.00. The summed E-state index contributed by atoms with van der Waals surface area (Å²) in [5.41, 5.74) is -4.06. The van der Waals surface area contributed by atoms with Crippen LogP contribution in [0.1, 0.15) is 21.5 Å². The van der Waals surface area contributed by atoms with E-state index in [4.69, 9.17) is 0 Å². The number of ether oxygens (including phenoxy) is 1. The molecular formula is C19H15F3N2O5. The zero-order valence-electron chi connectivity index (χ0n) is 15.3. The molecule has 0 unspecified atom stereocenters. The third-order valence-corrected chi connectivity index (χ3v) is 3.97. The minimum absolute atomic E-state index is 0.149. The van der Waals surface area contributed by atoms with Gasteiger partial charge in [0.2, 0.25) is 11.6 Å². The van der Waals surface area contributed by atoms with E-state index in [0.717, 1.165) is 25.8 Å². The molecule has 10 heteroatoms. The molecule has 7 nitrogen and oxygen atoms in total. The number of carbonyl (C=O) groups excluding carboxylic acids is 2. The normalized spacial score (nSPS) is 11.1. The second-order valence-electron chi connectivity index (χ2n) is 5.79. The number of carbonyl (C=O) groups is 2. The van der Waals surface area contributed by atoms with Crippen molar-refractivity contribution in [2.24, 2.45) is 0 Å². The van der Waals surface area contributed by atoms with Gasteiger partial charge in [-0.1, -0.05) is 30.3 Å². The quantitative estimate of drug-likeness (QED) is 0.110. The third-order valence-electron chi connectivity index (χ3n) is 3.97. The summed E-state index contributed by atoms with van der Waals surface area (Å²) in [5, 5.41) is 13.8. The Labute approximate surface area is 162 Å². The Morgan fingerprint density at radius 3 is 2.31 bits per heavy atom. The van der Waals surface area contributed by atoms with Gasteiger partial charge in [0, 0.05) is 18.3 Å². The van der Waals surface area contributed by atoms with Crippen molar-refractivity contribution in [3.05, 3.63) is 86.4 Å². The van der Waals surface area contributed by atoms with Crippen LogP contribution in [0.4, 0.5) is 18.9 Å². The fraction of sp³-hybridized carbons (Fsp3) is 0.158. The Hall–Kier alpha value is -3.69. The number of nitro benzene ring substituents is 1. The Bertz CT molecular complexity index is 1010. The molecule has 29 heavy (non-hydrogen) atoms. The Balaban J connectivity index is 2.53. The van der Waals surface area contributed by atoms with Crippen molar-refractivity contribution in [2.75, 3.05) is 7.11 Å². The lowest BCUT2D eigenvalue weighted by Crippen LogP contribution is -2.22. The molecular weight excluding hydrogens is 393 g/mol. The summed E-state index contributed by atoms with van der Waals surface area (Å²) >= 11 is 0. The highest BCUT2D eigenvalue weighted by atomic mass is 19.2. The van der Waals surface area contributed by atoms with Crippen LogP contribution in [0.3, 0.4) is 0 Å². The summed E-state index contributed by atoms with van der Waals surface area (Å²) < 4.78 is 46.7. The summed E-state index contributed by atoms with van der Waals surface area (Å²) in [6.45, 7) is 0.958. The summed E-state index contributed by atoms with van der Waals surface area (Å²) in [5.74, 6) is -8.20. The number of ketones is 1. The number of nitrogens with one attached hydrogen (secondary N) is 1. The van der Waals surface area contributed by atoms with E-state index in [0.29, 0.717) is 0 Å². The van der Waals surface area contributed by atoms with Crippen LogP contribution in [0, 0.1) is 34.5 Å². The van der Waals surface area contributed by atoms with Crippen LogP contribution >= 0.6 is 0 Å². The van der Waals surface area contributed by atoms with E-state index in [1.165, 1.54) is 0 Å². The van der Waals surface area contributed by atoms with Crippen LogP contribution in [0.15, 0.2) is 42.1 Å². The minimum Gasteiger partial charge on any atom is -0.465 e. The van der Waals surface area contributed by atoms with Crippen molar-refractivity contribution in [3.63, 3.8) is 0 Å². The SMILES string of the molecule is COC(=O)/C(=C/NCc1ccccc1)C(=O)c1c(F)c(C)c(F)c(F)c1[N+](=O)[O-]. The van der Waals surface area contributed by atoms with Crippen molar-refractivity contribution in [1.82, 2.24) is 5.32 Å². The molecule has 0 aliphatic rings. The van der Waals surface area contributed by atoms with Crippen molar-refractivity contribution in [2.45, 2.75) is 13.5 Å². The van der Waals surface area contributed by atoms with Gasteiger partial charge in [-0.3, -0.25) is 14.9 Å². The lowest BCUT2D eigenvalue weighted by atomic mass is 9.98. The molecule has 0 aliphatic carbocycles. The number of Topliss-reactive ketones (excluding diaryl/α,β-unsaturated/α-hetero) is 1. The molecule has 2 aromatic rings. The van der Waals surface area contributed by atoms with Crippen LogP contribution < -0.4 is 5.32 Å². The molecule has 2 aromatic carbocycles. The molecule has 0 atom stereocenters. The van der Waals surface area contributed by atoms with E-state index in [1.807, 2.05) is 0 Å². The van der Waals surface area contributed by atoms with Crippen molar-refractivity contribution < 1.29 is 32.4 Å². The van der Waals surface area contributed by atoms with E-state index >= 15 is 0 Å². The molecule has 0 heterocycles. The van der Waals surface area contributed by atoms with Gasteiger partial charge in [0.15, 0.2) is 5.82 Å². The molecule has 0 aromatic heterocycles. The Kier molecular flexibility index (Phi) is 6.71. The number of nitrogens with zero attached hydrogens (tertiary/aromatic N) is 1. The highest BCUT2D eigenvalue weighted by molar-refractivity contribution is 6.25. The molecule has 1 N–H and O–H groups in total. The molecule has 0 spiro atoms. The molecule has 0 amide bonds. The molecule has 2 rings (SSSR count). The summed E-state index contributed by atoms with van der Waals surface area (Å²) in [6.07, 6.45) is 0.876. The molecule has 0 saturated heterocycles. The number of halogens is 3. The van der Waals surface area contributed by atoms with E-state index < -0.39 is 56.5 Å². The molecule has 0 fully saturated rings. The summed E-state index contributed by atoms with van der Waals surface area (Å²) in [4.78, 5) is 34.4. The second-order valence-corrected chi connectivity index (χ2v) is 5.79. The Morgan fingerprint density at radius 2 is 1.76 bits per heavy atom. The number of hydrogen-bond acceptors (Lipinski definition) is 6. The van der Waals surface area contributed by atoms with Gasteiger partial charge in [-0.05, 0) is 12.5 Å². The Morgan fingerprint density at radius 1 is 1.14 bits per heavy atom. The number of esters is 1. The average molecular weight is 408 g/mol. The van der Waals surface area contributed by atoms with Gasteiger partial charge < -0.3 is 10.1 Å². The highest BCUT2D eigenvalue weighted by Gasteiger charge is 2.37.